The topological polar surface area (TPSA) is 54.5 Å². The summed E-state index contributed by atoms with van der Waals surface area (Å²) in [6.07, 6.45) is 1.85. The highest BCUT2D eigenvalue weighted by atomic mass is 16.2. The number of carbonyl (C=O) groups is 3. The molecule has 14 heavy (non-hydrogen) atoms. The summed E-state index contributed by atoms with van der Waals surface area (Å²) in [4.78, 5) is 31.8. The summed E-state index contributed by atoms with van der Waals surface area (Å²) >= 11 is 0. The van der Waals surface area contributed by atoms with Crippen LogP contribution in [0.2, 0.25) is 0 Å². The highest BCUT2D eigenvalue weighted by molar-refractivity contribution is 5.80. The lowest BCUT2D eigenvalue weighted by Crippen LogP contribution is -2.28. The Hall–Kier alpha value is -1.19. The van der Waals surface area contributed by atoms with Gasteiger partial charge in [0.15, 0.2) is 0 Å². The van der Waals surface area contributed by atoms with Crippen molar-refractivity contribution in [2.45, 2.75) is 27.2 Å². The largest absolute Gasteiger partial charge is 0.349 e. The third kappa shape index (κ3) is 8.90. The number of amides is 1. The maximum Gasteiger partial charge on any atom is 0.223 e. The molecule has 0 fully saturated rings. The predicted octanol–water partition coefficient (Wildman–Crippen LogP) is 0.895. The molecule has 0 bridgehead atoms. The Morgan fingerprint density at radius 1 is 1.29 bits per heavy atom. The van der Waals surface area contributed by atoms with Crippen LogP contribution in [0, 0.1) is 5.41 Å². The van der Waals surface area contributed by atoms with E-state index in [1.165, 1.54) is 11.8 Å². The van der Waals surface area contributed by atoms with Gasteiger partial charge in [-0.25, -0.2) is 0 Å². The van der Waals surface area contributed by atoms with Crippen LogP contribution < -0.4 is 0 Å². The molecule has 0 heterocycles. The van der Waals surface area contributed by atoms with Gasteiger partial charge in [0.2, 0.25) is 5.91 Å². The SMILES string of the molecule is CC=O.CN(C)C(=O)CC(C)(C)C=O. The summed E-state index contributed by atoms with van der Waals surface area (Å²) in [5, 5.41) is 0. The first-order valence-corrected chi connectivity index (χ1v) is 4.37. The molecule has 0 rings (SSSR count). The minimum atomic E-state index is -0.526. The Labute approximate surface area is 85.3 Å². The van der Waals surface area contributed by atoms with Gasteiger partial charge in [0, 0.05) is 25.9 Å². The van der Waals surface area contributed by atoms with Crippen molar-refractivity contribution >= 4 is 18.5 Å². The van der Waals surface area contributed by atoms with Crippen molar-refractivity contribution in [2.24, 2.45) is 5.41 Å². The molecule has 4 nitrogen and oxygen atoms in total. The van der Waals surface area contributed by atoms with Gasteiger partial charge in [-0.15, -0.1) is 0 Å². The molecule has 0 aliphatic carbocycles. The molecule has 0 aromatic carbocycles. The summed E-state index contributed by atoms with van der Waals surface area (Å²) in [6, 6.07) is 0. The average Bonchev–Trinajstić information content (AvgIpc) is 2.05. The standard InChI is InChI=1S/C8H15NO2.C2H4O/c1-8(2,6-10)5-7(11)9(3)4;1-2-3/h6H,5H2,1-4H3;2H,1H3. The van der Waals surface area contributed by atoms with E-state index in [2.05, 4.69) is 0 Å². The van der Waals surface area contributed by atoms with Crippen LogP contribution in [-0.4, -0.2) is 37.5 Å². The van der Waals surface area contributed by atoms with Crippen LogP contribution in [0.1, 0.15) is 27.2 Å². The van der Waals surface area contributed by atoms with Crippen LogP contribution in [0.25, 0.3) is 0 Å². The second kappa shape index (κ2) is 7.24. The van der Waals surface area contributed by atoms with Crippen LogP contribution >= 0.6 is 0 Å². The van der Waals surface area contributed by atoms with Crippen molar-refractivity contribution in [3.05, 3.63) is 0 Å². The third-order valence-corrected chi connectivity index (χ3v) is 1.42. The molecule has 0 saturated carbocycles. The molecule has 0 spiro atoms. The van der Waals surface area contributed by atoms with Crippen LogP contribution in [-0.2, 0) is 14.4 Å². The van der Waals surface area contributed by atoms with Crippen LogP contribution in [0.4, 0.5) is 0 Å². The lowest BCUT2D eigenvalue weighted by molar-refractivity contribution is -0.133. The van der Waals surface area contributed by atoms with E-state index in [0.717, 1.165) is 12.6 Å². The van der Waals surface area contributed by atoms with Gasteiger partial charge in [-0.05, 0) is 6.92 Å². The molecular formula is C10H19NO3. The van der Waals surface area contributed by atoms with Crippen molar-refractivity contribution in [2.75, 3.05) is 14.1 Å². The minimum Gasteiger partial charge on any atom is -0.349 e. The summed E-state index contributed by atoms with van der Waals surface area (Å²) in [5.74, 6) is -0.0119. The van der Waals surface area contributed by atoms with Crippen LogP contribution in [0.3, 0.4) is 0 Å². The molecule has 0 aliphatic heterocycles. The van der Waals surface area contributed by atoms with E-state index < -0.39 is 5.41 Å². The van der Waals surface area contributed by atoms with E-state index >= 15 is 0 Å². The molecule has 0 radical (unpaired) electrons. The molecule has 0 atom stereocenters. The van der Waals surface area contributed by atoms with Gasteiger partial charge in [0.05, 0.1) is 0 Å². The number of nitrogens with zero attached hydrogens (tertiary/aromatic N) is 1. The maximum absolute atomic E-state index is 11.1. The van der Waals surface area contributed by atoms with Crippen molar-refractivity contribution in [1.29, 1.82) is 0 Å². The van der Waals surface area contributed by atoms with E-state index in [0.29, 0.717) is 0 Å². The Kier molecular flexibility index (Phi) is 7.90. The van der Waals surface area contributed by atoms with Gasteiger partial charge >= 0.3 is 0 Å². The first kappa shape index (κ1) is 15.3. The summed E-state index contributed by atoms with van der Waals surface area (Å²) in [7, 11) is 3.37. The zero-order chi connectivity index (χ0) is 11.8. The van der Waals surface area contributed by atoms with Crippen molar-refractivity contribution in [3.63, 3.8) is 0 Å². The van der Waals surface area contributed by atoms with Crippen LogP contribution in [0.5, 0.6) is 0 Å². The zero-order valence-corrected chi connectivity index (χ0v) is 9.53. The monoisotopic (exact) mass is 201 g/mol. The Balaban J connectivity index is 0. The number of carbonyl (C=O) groups excluding carboxylic acids is 3. The minimum absolute atomic E-state index is 0.0119. The maximum atomic E-state index is 11.1. The van der Waals surface area contributed by atoms with Gasteiger partial charge < -0.3 is 14.5 Å². The predicted molar refractivity (Wildman–Crippen MR) is 54.9 cm³/mol. The molecule has 0 unspecified atom stereocenters. The molecule has 0 saturated heterocycles. The average molecular weight is 201 g/mol. The van der Waals surface area contributed by atoms with Crippen molar-refractivity contribution < 1.29 is 14.4 Å². The lowest BCUT2D eigenvalue weighted by atomic mass is 9.91. The van der Waals surface area contributed by atoms with Crippen molar-refractivity contribution in [3.8, 4) is 0 Å². The van der Waals surface area contributed by atoms with E-state index in [4.69, 9.17) is 4.79 Å². The summed E-state index contributed by atoms with van der Waals surface area (Å²) < 4.78 is 0. The highest BCUT2D eigenvalue weighted by Gasteiger charge is 2.21. The second-order valence-electron chi connectivity index (χ2n) is 3.81. The van der Waals surface area contributed by atoms with Crippen LogP contribution in [0.15, 0.2) is 0 Å². The van der Waals surface area contributed by atoms with Gasteiger partial charge in [-0.1, -0.05) is 13.8 Å². The fraction of sp³-hybridized carbons (Fsp3) is 0.700. The summed E-state index contributed by atoms with van der Waals surface area (Å²) in [5.41, 5.74) is -0.526. The zero-order valence-electron chi connectivity index (χ0n) is 9.53. The van der Waals surface area contributed by atoms with Gasteiger partial charge in [-0.2, -0.15) is 0 Å². The summed E-state index contributed by atoms with van der Waals surface area (Å²) in [6.45, 7) is 4.95. The van der Waals surface area contributed by atoms with Gasteiger partial charge in [0.25, 0.3) is 0 Å². The number of hydrogen-bond acceptors (Lipinski definition) is 3. The first-order valence-electron chi connectivity index (χ1n) is 4.37. The Bertz CT molecular complexity index is 198. The number of rotatable bonds is 3. The molecule has 0 aliphatic rings. The van der Waals surface area contributed by atoms with Gasteiger partial charge in [-0.3, -0.25) is 4.79 Å². The number of aldehydes is 2. The van der Waals surface area contributed by atoms with E-state index in [1.54, 1.807) is 27.9 Å². The third-order valence-electron chi connectivity index (χ3n) is 1.42. The molecule has 4 heteroatoms. The highest BCUT2D eigenvalue weighted by Crippen LogP contribution is 2.16. The molecular weight excluding hydrogens is 182 g/mol. The lowest BCUT2D eigenvalue weighted by Gasteiger charge is -2.18. The van der Waals surface area contributed by atoms with E-state index in [9.17, 15) is 9.59 Å². The van der Waals surface area contributed by atoms with Gasteiger partial charge in [0.1, 0.15) is 12.6 Å². The van der Waals surface area contributed by atoms with Crippen molar-refractivity contribution in [1.82, 2.24) is 4.90 Å². The molecule has 0 N–H and O–H groups in total. The molecule has 1 amide bonds. The smallest absolute Gasteiger partial charge is 0.223 e. The molecule has 82 valence electrons. The molecule has 0 aromatic rings. The fourth-order valence-corrected chi connectivity index (χ4v) is 0.590. The second-order valence-corrected chi connectivity index (χ2v) is 3.81. The molecule has 0 aromatic heterocycles. The quantitative estimate of drug-likeness (QED) is 0.637. The van der Waals surface area contributed by atoms with E-state index in [1.807, 2.05) is 0 Å². The number of hydrogen-bond donors (Lipinski definition) is 0. The van der Waals surface area contributed by atoms with E-state index in [-0.39, 0.29) is 12.3 Å². The normalized spacial score (nSPS) is 9.50. The fourth-order valence-electron chi connectivity index (χ4n) is 0.590. The first-order chi connectivity index (χ1) is 6.30. The Morgan fingerprint density at radius 2 is 1.64 bits per heavy atom. The Morgan fingerprint density at radius 3 is 1.86 bits per heavy atom.